The van der Waals surface area contributed by atoms with Crippen LogP contribution < -0.4 is 10.1 Å². The Morgan fingerprint density at radius 1 is 1.50 bits per heavy atom. The van der Waals surface area contributed by atoms with E-state index in [9.17, 15) is 10.1 Å². The van der Waals surface area contributed by atoms with Gasteiger partial charge in [-0.05, 0) is 39.1 Å². The van der Waals surface area contributed by atoms with Crippen molar-refractivity contribution in [3.63, 3.8) is 0 Å². The second kappa shape index (κ2) is 6.07. The van der Waals surface area contributed by atoms with Crippen LogP contribution in [-0.2, 0) is 0 Å². The van der Waals surface area contributed by atoms with Crippen LogP contribution >= 0.6 is 0 Å². The fourth-order valence-corrected chi connectivity index (χ4v) is 1.36. The average Bonchev–Trinajstić information content (AvgIpc) is 2.24. The molecule has 1 aromatic rings. The molecule has 0 fully saturated rings. The zero-order valence-electron chi connectivity index (χ0n) is 9.53. The van der Waals surface area contributed by atoms with Gasteiger partial charge in [-0.15, -0.1) is 0 Å². The van der Waals surface area contributed by atoms with E-state index in [1.54, 1.807) is 19.1 Å². The van der Waals surface area contributed by atoms with Gasteiger partial charge in [0.05, 0.1) is 11.5 Å². The maximum atomic E-state index is 10.6. The molecule has 0 aliphatic heterocycles. The van der Waals surface area contributed by atoms with Crippen LogP contribution in [-0.4, -0.2) is 25.1 Å². The molecule has 0 unspecified atom stereocenters. The average molecular weight is 224 g/mol. The van der Waals surface area contributed by atoms with Gasteiger partial charge < -0.3 is 10.1 Å². The van der Waals surface area contributed by atoms with Gasteiger partial charge in [0.15, 0.2) is 0 Å². The van der Waals surface area contributed by atoms with E-state index in [4.69, 9.17) is 4.74 Å². The van der Waals surface area contributed by atoms with E-state index in [0.717, 1.165) is 13.0 Å². The third-order valence-electron chi connectivity index (χ3n) is 2.20. The fraction of sp³-hybridized carbons (Fsp3) is 0.455. The molecule has 0 saturated heterocycles. The summed E-state index contributed by atoms with van der Waals surface area (Å²) in [5.41, 5.74) is 0.749. The fourth-order valence-electron chi connectivity index (χ4n) is 1.36. The quantitative estimate of drug-likeness (QED) is 0.455. The first-order valence-corrected chi connectivity index (χ1v) is 5.17. The molecule has 5 nitrogen and oxygen atoms in total. The first-order chi connectivity index (χ1) is 7.65. The maximum absolute atomic E-state index is 10.6. The summed E-state index contributed by atoms with van der Waals surface area (Å²) in [5.74, 6) is 0.680. The van der Waals surface area contributed by atoms with Crippen molar-refractivity contribution < 1.29 is 9.66 Å². The van der Waals surface area contributed by atoms with Crippen LogP contribution in [0.25, 0.3) is 0 Å². The summed E-state index contributed by atoms with van der Waals surface area (Å²) in [7, 11) is 1.88. The third kappa shape index (κ3) is 3.51. The highest BCUT2D eigenvalue weighted by Crippen LogP contribution is 2.22. The van der Waals surface area contributed by atoms with E-state index >= 15 is 0 Å². The molecule has 88 valence electrons. The van der Waals surface area contributed by atoms with Gasteiger partial charge in [-0.1, -0.05) is 0 Å². The van der Waals surface area contributed by atoms with Crippen molar-refractivity contribution in [2.75, 3.05) is 20.2 Å². The van der Waals surface area contributed by atoms with Gasteiger partial charge in [-0.2, -0.15) is 0 Å². The highest BCUT2D eigenvalue weighted by atomic mass is 16.6. The Balaban J connectivity index is 2.56. The smallest absolute Gasteiger partial charge is 0.272 e. The lowest BCUT2D eigenvalue weighted by Crippen LogP contribution is -2.11. The number of hydrogen-bond donors (Lipinski definition) is 1. The Kier molecular flexibility index (Phi) is 4.72. The molecule has 0 spiro atoms. The van der Waals surface area contributed by atoms with Crippen LogP contribution in [0.3, 0.4) is 0 Å². The molecule has 0 heterocycles. The minimum atomic E-state index is -0.389. The van der Waals surface area contributed by atoms with Crippen LogP contribution in [0.2, 0.25) is 0 Å². The van der Waals surface area contributed by atoms with Crippen LogP contribution in [0.15, 0.2) is 18.2 Å². The van der Waals surface area contributed by atoms with Crippen molar-refractivity contribution >= 4 is 5.69 Å². The minimum absolute atomic E-state index is 0.127. The lowest BCUT2D eigenvalue weighted by molar-refractivity contribution is -0.385. The molecular formula is C11H16N2O3. The molecule has 0 aliphatic rings. The molecule has 0 aliphatic carbocycles. The van der Waals surface area contributed by atoms with Gasteiger partial charge in [0.25, 0.3) is 5.69 Å². The van der Waals surface area contributed by atoms with Gasteiger partial charge >= 0.3 is 0 Å². The third-order valence-corrected chi connectivity index (χ3v) is 2.20. The Morgan fingerprint density at radius 3 is 2.81 bits per heavy atom. The molecule has 0 saturated carbocycles. The van der Waals surface area contributed by atoms with E-state index in [2.05, 4.69) is 5.32 Å². The van der Waals surface area contributed by atoms with E-state index in [1.165, 1.54) is 6.07 Å². The normalized spacial score (nSPS) is 10.1. The standard InChI is InChI=1S/C11H16N2O3/c1-9-8-10(16-7-3-6-12-2)4-5-11(9)13(14)15/h4-5,8,12H,3,6-7H2,1-2H3. The summed E-state index contributed by atoms with van der Waals surface area (Å²) in [6.07, 6.45) is 0.909. The summed E-state index contributed by atoms with van der Waals surface area (Å²) < 4.78 is 5.46. The van der Waals surface area contributed by atoms with Crippen molar-refractivity contribution in [2.24, 2.45) is 0 Å². The van der Waals surface area contributed by atoms with Crippen LogP contribution in [0.1, 0.15) is 12.0 Å². The summed E-state index contributed by atoms with van der Waals surface area (Å²) >= 11 is 0. The van der Waals surface area contributed by atoms with Gasteiger partial charge in [0.1, 0.15) is 5.75 Å². The lowest BCUT2D eigenvalue weighted by atomic mass is 10.2. The topological polar surface area (TPSA) is 64.4 Å². The Bertz CT molecular complexity index is 366. The molecule has 0 amide bonds. The zero-order chi connectivity index (χ0) is 12.0. The predicted molar refractivity (Wildman–Crippen MR) is 61.9 cm³/mol. The summed E-state index contributed by atoms with van der Waals surface area (Å²) in [5, 5.41) is 13.6. The highest BCUT2D eigenvalue weighted by Gasteiger charge is 2.10. The molecule has 16 heavy (non-hydrogen) atoms. The van der Waals surface area contributed by atoms with E-state index in [-0.39, 0.29) is 10.6 Å². The number of nitro groups is 1. The van der Waals surface area contributed by atoms with Crippen molar-refractivity contribution in [1.82, 2.24) is 5.32 Å². The molecule has 1 aromatic carbocycles. The first kappa shape index (κ1) is 12.4. The second-order valence-electron chi connectivity index (χ2n) is 3.51. The van der Waals surface area contributed by atoms with Gasteiger partial charge in [0.2, 0.25) is 0 Å². The predicted octanol–water partition coefficient (Wildman–Crippen LogP) is 1.89. The molecule has 5 heteroatoms. The number of benzene rings is 1. The number of aryl methyl sites for hydroxylation is 1. The molecular weight excluding hydrogens is 208 g/mol. The number of nitro benzene ring substituents is 1. The van der Waals surface area contributed by atoms with Crippen LogP contribution in [0, 0.1) is 17.0 Å². The van der Waals surface area contributed by atoms with Crippen molar-refractivity contribution in [3.05, 3.63) is 33.9 Å². The summed E-state index contributed by atoms with van der Waals surface area (Å²) in [4.78, 5) is 10.2. The highest BCUT2D eigenvalue weighted by molar-refractivity contribution is 5.44. The Morgan fingerprint density at radius 2 is 2.25 bits per heavy atom. The number of hydrogen-bond acceptors (Lipinski definition) is 4. The van der Waals surface area contributed by atoms with Gasteiger partial charge in [0, 0.05) is 11.6 Å². The zero-order valence-corrected chi connectivity index (χ0v) is 9.53. The molecule has 0 bridgehead atoms. The van der Waals surface area contributed by atoms with E-state index < -0.39 is 0 Å². The van der Waals surface area contributed by atoms with E-state index in [0.29, 0.717) is 17.9 Å². The van der Waals surface area contributed by atoms with Gasteiger partial charge in [-0.25, -0.2) is 0 Å². The SMILES string of the molecule is CNCCCOc1ccc([N+](=O)[O-])c(C)c1. The summed E-state index contributed by atoms with van der Waals surface area (Å²) in [6, 6.07) is 4.80. The molecule has 0 radical (unpaired) electrons. The monoisotopic (exact) mass is 224 g/mol. The largest absolute Gasteiger partial charge is 0.494 e. The number of nitrogens with one attached hydrogen (secondary N) is 1. The Labute approximate surface area is 94.6 Å². The first-order valence-electron chi connectivity index (χ1n) is 5.17. The second-order valence-corrected chi connectivity index (χ2v) is 3.51. The Hall–Kier alpha value is -1.62. The minimum Gasteiger partial charge on any atom is -0.494 e. The number of ether oxygens (including phenoxy) is 1. The number of nitrogens with zero attached hydrogens (tertiary/aromatic N) is 1. The summed E-state index contributed by atoms with van der Waals surface area (Å²) in [6.45, 7) is 3.21. The van der Waals surface area contributed by atoms with Crippen LogP contribution in [0.4, 0.5) is 5.69 Å². The van der Waals surface area contributed by atoms with Crippen molar-refractivity contribution in [2.45, 2.75) is 13.3 Å². The lowest BCUT2D eigenvalue weighted by Gasteiger charge is -2.06. The maximum Gasteiger partial charge on any atom is 0.272 e. The molecule has 1 rings (SSSR count). The van der Waals surface area contributed by atoms with Gasteiger partial charge in [-0.3, -0.25) is 10.1 Å². The number of rotatable bonds is 6. The molecule has 1 N–H and O–H groups in total. The molecule has 0 aromatic heterocycles. The van der Waals surface area contributed by atoms with Crippen LogP contribution in [0.5, 0.6) is 5.75 Å². The van der Waals surface area contributed by atoms with Crippen molar-refractivity contribution in [3.8, 4) is 5.75 Å². The van der Waals surface area contributed by atoms with Crippen molar-refractivity contribution in [1.29, 1.82) is 0 Å². The van der Waals surface area contributed by atoms with E-state index in [1.807, 2.05) is 7.05 Å². The molecule has 0 atom stereocenters.